The molecule has 2 rings (SSSR count). The molecule has 0 bridgehead atoms. The number of nitrogens with one attached hydrogen (secondary N) is 1. The van der Waals surface area contributed by atoms with E-state index in [4.69, 9.17) is 16.3 Å². The third kappa shape index (κ3) is 3.46. The van der Waals surface area contributed by atoms with Gasteiger partial charge in [0.05, 0.1) is 7.11 Å². The van der Waals surface area contributed by atoms with Gasteiger partial charge in [0, 0.05) is 17.8 Å². The van der Waals surface area contributed by atoms with E-state index in [0.717, 1.165) is 5.56 Å². The van der Waals surface area contributed by atoms with Crippen molar-refractivity contribution in [3.8, 4) is 0 Å². The molecular weight excluding hydrogens is 300 g/mol. The van der Waals surface area contributed by atoms with Gasteiger partial charge in [-0.15, -0.1) is 0 Å². The van der Waals surface area contributed by atoms with Crippen LogP contribution in [-0.2, 0) is 11.3 Å². The smallest absolute Gasteiger partial charge is 0.357 e. The van der Waals surface area contributed by atoms with Gasteiger partial charge in [0.1, 0.15) is 5.15 Å². The standard InChI is InChI=1S/C17H17ClN2O2/c1-4-13-14(9-15(18)20-16(13)17(21)22-3)19-10-12-8-6-5-7-11(12)2/h4-9H,1,10H2,2-3H3,(H,19,20). The van der Waals surface area contributed by atoms with Crippen LogP contribution in [0.3, 0.4) is 0 Å². The molecule has 1 aromatic heterocycles. The fourth-order valence-corrected chi connectivity index (χ4v) is 2.32. The lowest BCUT2D eigenvalue weighted by atomic mass is 10.1. The Hall–Kier alpha value is -2.33. The first kappa shape index (κ1) is 16.0. The SMILES string of the molecule is C=Cc1c(NCc2ccccc2C)cc(Cl)nc1C(=O)OC. The number of ether oxygens (including phenoxy) is 1. The molecule has 114 valence electrons. The fourth-order valence-electron chi connectivity index (χ4n) is 2.13. The highest BCUT2D eigenvalue weighted by atomic mass is 35.5. The number of nitrogens with zero attached hydrogens (tertiary/aromatic N) is 1. The molecule has 0 saturated heterocycles. The van der Waals surface area contributed by atoms with Crippen molar-refractivity contribution in [3.05, 3.63) is 64.4 Å². The van der Waals surface area contributed by atoms with Crippen molar-refractivity contribution >= 4 is 29.3 Å². The molecule has 0 unspecified atom stereocenters. The third-order valence-corrected chi connectivity index (χ3v) is 3.53. The molecule has 0 saturated carbocycles. The van der Waals surface area contributed by atoms with Crippen LogP contribution in [0.4, 0.5) is 5.69 Å². The molecular formula is C17H17ClN2O2. The molecule has 4 nitrogen and oxygen atoms in total. The predicted molar refractivity (Wildman–Crippen MR) is 89.2 cm³/mol. The number of hydrogen-bond acceptors (Lipinski definition) is 4. The van der Waals surface area contributed by atoms with Crippen molar-refractivity contribution in [2.75, 3.05) is 12.4 Å². The number of aryl methyl sites for hydroxylation is 1. The van der Waals surface area contributed by atoms with E-state index >= 15 is 0 Å². The first-order valence-electron chi connectivity index (χ1n) is 6.76. The minimum absolute atomic E-state index is 0.150. The molecule has 0 aliphatic carbocycles. The predicted octanol–water partition coefficient (Wildman–Crippen LogP) is 4.09. The van der Waals surface area contributed by atoms with Crippen LogP contribution in [0.2, 0.25) is 5.15 Å². The van der Waals surface area contributed by atoms with Crippen LogP contribution in [0, 0.1) is 6.92 Å². The van der Waals surface area contributed by atoms with E-state index in [1.165, 1.54) is 12.7 Å². The zero-order valence-corrected chi connectivity index (χ0v) is 13.3. The molecule has 0 atom stereocenters. The number of methoxy groups -OCH3 is 1. The highest BCUT2D eigenvalue weighted by molar-refractivity contribution is 6.30. The molecule has 0 aliphatic rings. The number of aromatic nitrogens is 1. The maximum Gasteiger partial charge on any atom is 0.357 e. The Bertz CT molecular complexity index is 714. The summed E-state index contributed by atoms with van der Waals surface area (Å²) in [4.78, 5) is 15.8. The number of esters is 1. The van der Waals surface area contributed by atoms with Gasteiger partial charge < -0.3 is 10.1 Å². The number of carbonyl (C=O) groups excluding carboxylic acids is 1. The van der Waals surface area contributed by atoms with Gasteiger partial charge in [-0.3, -0.25) is 0 Å². The van der Waals surface area contributed by atoms with Gasteiger partial charge >= 0.3 is 5.97 Å². The van der Waals surface area contributed by atoms with Crippen LogP contribution in [0.25, 0.3) is 6.08 Å². The maximum absolute atomic E-state index is 11.8. The average molecular weight is 317 g/mol. The number of rotatable bonds is 5. The molecule has 0 amide bonds. The topological polar surface area (TPSA) is 51.2 Å². The van der Waals surface area contributed by atoms with Crippen molar-refractivity contribution in [2.24, 2.45) is 0 Å². The summed E-state index contributed by atoms with van der Waals surface area (Å²) < 4.78 is 4.74. The molecule has 2 aromatic rings. The summed E-state index contributed by atoms with van der Waals surface area (Å²) in [5, 5.41) is 3.50. The summed E-state index contributed by atoms with van der Waals surface area (Å²) in [6.07, 6.45) is 1.57. The van der Waals surface area contributed by atoms with Crippen LogP contribution in [-0.4, -0.2) is 18.1 Å². The molecule has 0 radical (unpaired) electrons. The second-order valence-electron chi connectivity index (χ2n) is 4.73. The minimum atomic E-state index is -0.545. The highest BCUT2D eigenvalue weighted by Gasteiger charge is 2.17. The lowest BCUT2D eigenvalue weighted by molar-refractivity contribution is 0.0594. The van der Waals surface area contributed by atoms with Crippen molar-refractivity contribution in [1.82, 2.24) is 4.98 Å². The second-order valence-corrected chi connectivity index (χ2v) is 5.12. The van der Waals surface area contributed by atoms with Crippen molar-refractivity contribution < 1.29 is 9.53 Å². The summed E-state index contributed by atoms with van der Waals surface area (Å²) in [5.74, 6) is -0.545. The number of pyridine rings is 1. The van der Waals surface area contributed by atoms with E-state index < -0.39 is 5.97 Å². The molecule has 22 heavy (non-hydrogen) atoms. The van der Waals surface area contributed by atoms with E-state index in [9.17, 15) is 4.79 Å². The van der Waals surface area contributed by atoms with E-state index in [0.29, 0.717) is 17.8 Å². The fraction of sp³-hybridized carbons (Fsp3) is 0.176. The Kier molecular flexibility index (Phi) is 5.17. The Balaban J connectivity index is 2.34. The summed E-state index contributed by atoms with van der Waals surface area (Å²) in [5.41, 5.74) is 3.76. The summed E-state index contributed by atoms with van der Waals surface area (Å²) in [6.45, 7) is 6.39. The molecule has 0 aliphatic heterocycles. The Labute approximate surface area is 134 Å². The molecule has 1 aromatic carbocycles. The normalized spacial score (nSPS) is 10.1. The first-order chi connectivity index (χ1) is 10.6. The number of halogens is 1. The lowest BCUT2D eigenvalue weighted by Gasteiger charge is -2.14. The van der Waals surface area contributed by atoms with Crippen molar-refractivity contribution in [1.29, 1.82) is 0 Å². The third-order valence-electron chi connectivity index (χ3n) is 3.34. The summed E-state index contributed by atoms with van der Waals surface area (Å²) in [6, 6.07) is 9.73. The monoisotopic (exact) mass is 316 g/mol. The van der Waals surface area contributed by atoms with Crippen LogP contribution in [0.15, 0.2) is 36.9 Å². The average Bonchev–Trinajstić information content (AvgIpc) is 2.52. The van der Waals surface area contributed by atoms with Gasteiger partial charge in [-0.1, -0.05) is 48.5 Å². The van der Waals surface area contributed by atoms with E-state index in [1.54, 1.807) is 12.1 Å². The number of carbonyl (C=O) groups is 1. The first-order valence-corrected chi connectivity index (χ1v) is 7.14. The van der Waals surface area contributed by atoms with E-state index in [-0.39, 0.29) is 10.8 Å². The molecule has 0 spiro atoms. The van der Waals surface area contributed by atoms with Crippen molar-refractivity contribution in [3.63, 3.8) is 0 Å². The van der Waals surface area contributed by atoms with Gasteiger partial charge in [0.25, 0.3) is 0 Å². The Morgan fingerprint density at radius 3 is 2.82 bits per heavy atom. The van der Waals surface area contributed by atoms with Gasteiger partial charge in [-0.25, -0.2) is 9.78 Å². The van der Waals surface area contributed by atoms with Gasteiger partial charge in [-0.2, -0.15) is 0 Å². The Morgan fingerprint density at radius 2 is 2.18 bits per heavy atom. The van der Waals surface area contributed by atoms with E-state index in [2.05, 4.69) is 16.9 Å². The zero-order valence-electron chi connectivity index (χ0n) is 12.5. The van der Waals surface area contributed by atoms with Crippen LogP contribution in [0.5, 0.6) is 0 Å². The molecule has 1 heterocycles. The maximum atomic E-state index is 11.8. The van der Waals surface area contributed by atoms with Crippen LogP contribution < -0.4 is 5.32 Å². The minimum Gasteiger partial charge on any atom is -0.464 e. The summed E-state index contributed by atoms with van der Waals surface area (Å²) in [7, 11) is 1.30. The van der Waals surface area contributed by atoms with Gasteiger partial charge in [0.2, 0.25) is 0 Å². The van der Waals surface area contributed by atoms with Crippen LogP contribution >= 0.6 is 11.6 Å². The molecule has 5 heteroatoms. The zero-order chi connectivity index (χ0) is 16.1. The number of hydrogen-bond donors (Lipinski definition) is 1. The largest absolute Gasteiger partial charge is 0.464 e. The quantitative estimate of drug-likeness (QED) is 0.667. The molecule has 0 fully saturated rings. The highest BCUT2D eigenvalue weighted by Crippen LogP contribution is 2.25. The summed E-state index contributed by atoms with van der Waals surface area (Å²) >= 11 is 6.00. The van der Waals surface area contributed by atoms with E-state index in [1.807, 2.05) is 31.2 Å². The van der Waals surface area contributed by atoms with Crippen LogP contribution in [0.1, 0.15) is 27.2 Å². The number of anilines is 1. The molecule has 1 N–H and O–H groups in total. The lowest BCUT2D eigenvalue weighted by Crippen LogP contribution is -2.10. The number of benzene rings is 1. The van der Waals surface area contributed by atoms with Gasteiger partial charge in [0.15, 0.2) is 5.69 Å². The second kappa shape index (κ2) is 7.09. The Morgan fingerprint density at radius 1 is 1.45 bits per heavy atom. The van der Waals surface area contributed by atoms with Gasteiger partial charge in [-0.05, 0) is 24.1 Å². The van der Waals surface area contributed by atoms with Crippen molar-refractivity contribution in [2.45, 2.75) is 13.5 Å².